The third-order valence-electron chi connectivity index (χ3n) is 3.89. The Morgan fingerprint density at radius 3 is 2.65 bits per heavy atom. The lowest BCUT2D eigenvalue weighted by Crippen LogP contribution is -2.40. The predicted molar refractivity (Wildman–Crippen MR) is 78.6 cm³/mol. The van der Waals surface area contributed by atoms with Gasteiger partial charge in [-0.05, 0) is 18.2 Å². The number of carbonyl (C=O) groups is 1. The number of nitrogens with zero attached hydrogens (tertiary/aromatic N) is 2. The van der Waals surface area contributed by atoms with Gasteiger partial charge in [-0.1, -0.05) is 0 Å². The van der Waals surface area contributed by atoms with Crippen LogP contribution >= 0.6 is 0 Å². The molecule has 2 heterocycles. The van der Waals surface area contributed by atoms with Gasteiger partial charge in [0.15, 0.2) is 0 Å². The SMILES string of the molecule is COC1=CC=C2N(C=C[N+]2(C)c2ccc(C=O)cc2)C1. The smallest absolute Gasteiger partial charge is 0.218 e. The quantitative estimate of drug-likeness (QED) is 0.624. The second-order valence-electron chi connectivity index (χ2n) is 5.07. The van der Waals surface area contributed by atoms with Gasteiger partial charge < -0.3 is 4.74 Å². The van der Waals surface area contributed by atoms with Gasteiger partial charge in [-0.15, -0.1) is 0 Å². The molecule has 1 atom stereocenters. The minimum absolute atomic E-state index is 0.590. The molecule has 4 heteroatoms. The topological polar surface area (TPSA) is 29.5 Å². The minimum Gasteiger partial charge on any atom is -0.499 e. The van der Waals surface area contributed by atoms with Crippen molar-refractivity contribution < 1.29 is 9.53 Å². The Kier molecular flexibility index (Phi) is 2.95. The normalized spacial score (nSPS) is 24.0. The van der Waals surface area contributed by atoms with Crippen LogP contribution in [0.25, 0.3) is 0 Å². The molecule has 0 saturated heterocycles. The van der Waals surface area contributed by atoms with Crippen LogP contribution in [0.1, 0.15) is 10.4 Å². The fourth-order valence-corrected chi connectivity index (χ4v) is 2.62. The highest BCUT2D eigenvalue weighted by atomic mass is 16.5. The van der Waals surface area contributed by atoms with Crippen LogP contribution in [0.15, 0.2) is 60.4 Å². The van der Waals surface area contributed by atoms with E-state index in [0.29, 0.717) is 10.0 Å². The Balaban J connectivity index is 1.99. The van der Waals surface area contributed by atoms with E-state index in [1.807, 2.05) is 30.3 Å². The molecule has 0 saturated carbocycles. The molecule has 0 amide bonds. The van der Waals surface area contributed by atoms with Gasteiger partial charge in [0.2, 0.25) is 5.82 Å². The van der Waals surface area contributed by atoms with Crippen LogP contribution in [0.3, 0.4) is 0 Å². The molecule has 0 aliphatic carbocycles. The van der Waals surface area contributed by atoms with E-state index in [0.717, 1.165) is 24.3 Å². The number of hydrogen-bond donors (Lipinski definition) is 0. The first-order chi connectivity index (χ1) is 9.67. The van der Waals surface area contributed by atoms with E-state index in [4.69, 9.17) is 4.74 Å². The summed E-state index contributed by atoms with van der Waals surface area (Å²) < 4.78 is 5.89. The largest absolute Gasteiger partial charge is 0.499 e. The first kappa shape index (κ1) is 12.7. The lowest BCUT2D eigenvalue weighted by atomic mass is 10.2. The molecular formula is C16H17N2O2+. The summed E-state index contributed by atoms with van der Waals surface area (Å²) in [5.74, 6) is 2.12. The highest BCUT2D eigenvalue weighted by molar-refractivity contribution is 5.75. The van der Waals surface area contributed by atoms with E-state index in [1.54, 1.807) is 7.11 Å². The van der Waals surface area contributed by atoms with Crippen LogP contribution in [-0.2, 0) is 4.74 Å². The molecule has 0 spiro atoms. The molecule has 4 nitrogen and oxygen atoms in total. The maximum absolute atomic E-state index is 10.8. The lowest BCUT2D eigenvalue weighted by molar-refractivity contribution is 0.112. The van der Waals surface area contributed by atoms with Crippen molar-refractivity contribution in [1.29, 1.82) is 0 Å². The average molecular weight is 269 g/mol. The summed E-state index contributed by atoms with van der Waals surface area (Å²) in [6.07, 6.45) is 9.16. The number of allylic oxidation sites excluding steroid dienone is 2. The molecule has 1 aromatic rings. The number of quaternary nitrogens is 1. The molecule has 0 bridgehead atoms. The Morgan fingerprint density at radius 1 is 1.25 bits per heavy atom. The number of methoxy groups -OCH3 is 1. The number of fused-ring (bicyclic) bond motifs is 1. The summed E-state index contributed by atoms with van der Waals surface area (Å²) in [6, 6.07) is 7.69. The monoisotopic (exact) mass is 269 g/mol. The second-order valence-corrected chi connectivity index (χ2v) is 5.07. The van der Waals surface area contributed by atoms with E-state index >= 15 is 0 Å². The standard InChI is InChI=1S/C16H17N2O2/c1-18(14-5-3-13(12-19)4-6-14)10-9-17-11-15(20-2)7-8-16(17)18/h3-10,12H,11H2,1-2H3/q+1. The number of ether oxygens (including phenoxy) is 1. The number of aldehydes is 1. The molecule has 1 aromatic carbocycles. The molecule has 1 unspecified atom stereocenters. The van der Waals surface area contributed by atoms with Gasteiger partial charge in [0.05, 0.1) is 26.9 Å². The van der Waals surface area contributed by atoms with Crippen molar-refractivity contribution in [3.63, 3.8) is 0 Å². The summed E-state index contributed by atoms with van der Waals surface area (Å²) in [4.78, 5) is 12.9. The average Bonchev–Trinajstić information content (AvgIpc) is 2.85. The maximum atomic E-state index is 10.8. The van der Waals surface area contributed by atoms with Crippen LogP contribution in [0, 0.1) is 0 Å². The summed E-state index contributed by atoms with van der Waals surface area (Å²) in [6.45, 7) is 0.749. The first-order valence-electron chi connectivity index (χ1n) is 6.51. The Morgan fingerprint density at radius 2 is 2.00 bits per heavy atom. The van der Waals surface area contributed by atoms with Gasteiger partial charge in [-0.2, -0.15) is 0 Å². The zero-order valence-electron chi connectivity index (χ0n) is 11.6. The van der Waals surface area contributed by atoms with Gasteiger partial charge in [0.1, 0.15) is 23.9 Å². The predicted octanol–water partition coefficient (Wildman–Crippen LogP) is 2.61. The van der Waals surface area contributed by atoms with Crippen molar-refractivity contribution in [3.05, 3.63) is 66.0 Å². The van der Waals surface area contributed by atoms with Crippen LogP contribution < -0.4 is 4.48 Å². The molecule has 102 valence electrons. The van der Waals surface area contributed by atoms with Gasteiger partial charge in [-0.25, -0.2) is 4.48 Å². The van der Waals surface area contributed by atoms with Gasteiger partial charge >= 0.3 is 0 Å². The minimum atomic E-state index is 0.590. The molecule has 2 aliphatic rings. The van der Waals surface area contributed by atoms with E-state index < -0.39 is 0 Å². The van der Waals surface area contributed by atoms with E-state index in [2.05, 4.69) is 30.4 Å². The fourth-order valence-electron chi connectivity index (χ4n) is 2.62. The number of carbonyl (C=O) groups excluding carboxylic acids is 1. The van der Waals surface area contributed by atoms with Crippen molar-refractivity contribution in [2.24, 2.45) is 0 Å². The molecule has 0 radical (unpaired) electrons. The summed E-state index contributed by atoms with van der Waals surface area (Å²) >= 11 is 0. The third-order valence-corrected chi connectivity index (χ3v) is 3.89. The lowest BCUT2D eigenvalue weighted by Gasteiger charge is -2.31. The van der Waals surface area contributed by atoms with E-state index in [-0.39, 0.29) is 0 Å². The van der Waals surface area contributed by atoms with Crippen molar-refractivity contribution in [2.75, 3.05) is 20.7 Å². The molecule has 20 heavy (non-hydrogen) atoms. The number of hydrogen-bond acceptors (Lipinski definition) is 3. The van der Waals surface area contributed by atoms with E-state index in [9.17, 15) is 4.79 Å². The van der Waals surface area contributed by atoms with Crippen molar-refractivity contribution >= 4 is 12.0 Å². The zero-order valence-corrected chi connectivity index (χ0v) is 11.6. The molecule has 0 aromatic heterocycles. The summed E-state index contributed by atoms with van der Waals surface area (Å²) in [7, 11) is 3.82. The van der Waals surface area contributed by atoms with Gasteiger partial charge in [0, 0.05) is 23.8 Å². The fraction of sp³-hybridized carbons (Fsp3) is 0.188. The first-order valence-corrected chi connectivity index (χ1v) is 6.51. The van der Waals surface area contributed by atoms with Crippen molar-refractivity contribution in [3.8, 4) is 0 Å². The van der Waals surface area contributed by atoms with Gasteiger partial charge in [-0.3, -0.25) is 9.69 Å². The van der Waals surface area contributed by atoms with Crippen LogP contribution in [-0.4, -0.2) is 31.9 Å². The number of benzene rings is 1. The Bertz CT molecular complexity index is 628. The van der Waals surface area contributed by atoms with Crippen molar-refractivity contribution in [1.82, 2.24) is 9.38 Å². The molecule has 0 fully saturated rings. The molecular weight excluding hydrogens is 252 g/mol. The second kappa shape index (κ2) is 4.65. The van der Waals surface area contributed by atoms with Crippen LogP contribution in [0.4, 0.5) is 5.69 Å². The van der Waals surface area contributed by atoms with Gasteiger partial charge in [0.25, 0.3) is 0 Å². The summed E-state index contributed by atoms with van der Waals surface area (Å²) in [5, 5.41) is 0. The highest BCUT2D eigenvalue weighted by Crippen LogP contribution is 2.36. The number of rotatable bonds is 3. The van der Waals surface area contributed by atoms with E-state index in [1.165, 1.54) is 5.82 Å². The van der Waals surface area contributed by atoms with Crippen LogP contribution in [0.5, 0.6) is 0 Å². The highest BCUT2D eigenvalue weighted by Gasteiger charge is 2.38. The zero-order chi connectivity index (χ0) is 14.2. The molecule has 3 rings (SSSR count). The summed E-state index contributed by atoms with van der Waals surface area (Å²) in [5.41, 5.74) is 1.81. The Labute approximate surface area is 118 Å². The van der Waals surface area contributed by atoms with Crippen molar-refractivity contribution in [2.45, 2.75) is 0 Å². The third kappa shape index (κ3) is 1.85. The molecule has 2 aliphatic heterocycles. The molecule has 0 N–H and O–H groups in total. The van der Waals surface area contributed by atoms with Crippen LogP contribution in [0.2, 0.25) is 0 Å². The Hall–Kier alpha value is -2.33. The maximum Gasteiger partial charge on any atom is 0.218 e.